The molecule has 1 unspecified atom stereocenters. The van der Waals surface area contributed by atoms with Gasteiger partial charge in [-0.2, -0.15) is 0 Å². The van der Waals surface area contributed by atoms with E-state index in [4.69, 9.17) is 0 Å². The number of aromatic nitrogens is 1. The molecule has 3 heteroatoms. The van der Waals surface area contributed by atoms with Gasteiger partial charge in [-0.15, -0.1) is 0 Å². The van der Waals surface area contributed by atoms with Crippen molar-refractivity contribution < 1.29 is 4.79 Å². The van der Waals surface area contributed by atoms with Gasteiger partial charge in [0.1, 0.15) is 5.69 Å². The number of pyridine rings is 1. The maximum Gasteiger partial charge on any atom is 0.270 e. The van der Waals surface area contributed by atoms with Gasteiger partial charge >= 0.3 is 0 Å². The Hall–Kier alpha value is -2.16. The number of nitrogens with zero attached hydrogens (tertiary/aromatic N) is 1. The van der Waals surface area contributed by atoms with Gasteiger partial charge < -0.3 is 5.32 Å². The molecule has 0 radical (unpaired) electrons. The van der Waals surface area contributed by atoms with Crippen LogP contribution in [0.4, 0.5) is 0 Å². The Morgan fingerprint density at radius 2 is 1.90 bits per heavy atom. The fourth-order valence-electron chi connectivity index (χ4n) is 2.45. The molecule has 1 atom stereocenters. The number of aryl methyl sites for hydroxylation is 1. The number of nitrogens with one attached hydrogen (secondary N) is 1. The van der Waals surface area contributed by atoms with E-state index in [1.807, 2.05) is 37.3 Å². The summed E-state index contributed by atoms with van der Waals surface area (Å²) in [4.78, 5) is 16.6. The first-order chi connectivity index (χ1) is 9.74. The number of rotatable bonds is 4. The van der Waals surface area contributed by atoms with Crippen LogP contribution in [0.3, 0.4) is 0 Å². The number of amides is 1. The van der Waals surface area contributed by atoms with Gasteiger partial charge in [0.05, 0.1) is 6.04 Å². The summed E-state index contributed by atoms with van der Waals surface area (Å²) in [5, 5.41) is 3.14. The van der Waals surface area contributed by atoms with Crippen LogP contribution >= 0.6 is 0 Å². The van der Waals surface area contributed by atoms with E-state index < -0.39 is 0 Å². The lowest BCUT2D eigenvalue weighted by atomic mass is 10.0. The highest BCUT2D eigenvalue weighted by molar-refractivity contribution is 5.92. The van der Waals surface area contributed by atoms with E-state index in [9.17, 15) is 4.79 Å². The lowest BCUT2D eigenvalue weighted by Gasteiger charge is -2.18. The highest BCUT2D eigenvalue weighted by atomic mass is 16.1. The molecule has 1 heterocycles. The van der Waals surface area contributed by atoms with E-state index in [1.165, 1.54) is 18.4 Å². The fourth-order valence-corrected chi connectivity index (χ4v) is 2.45. The SMILES string of the molecule is Cc1cccc(C(=O)NC(c2ccccc2)C2CC2)n1. The molecule has 3 rings (SSSR count). The molecule has 1 amide bonds. The summed E-state index contributed by atoms with van der Waals surface area (Å²) in [6, 6.07) is 15.8. The molecule has 1 aromatic carbocycles. The van der Waals surface area contributed by atoms with E-state index in [0.717, 1.165) is 5.69 Å². The van der Waals surface area contributed by atoms with E-state index >= 15 is 0 Å². The van der Waals surface area contributed by atoms with E-state index in [1.54, 1.807) is 6.07 Å². The Morgan fingerprint density at radius 1 is 1.15 bits per heavy atom. The monoisotopic (exact) mass is 266 g/mol. The van der Waals surface area contributed by atoms with Crippen LogP contribution in [0.15, 0.2) is 48.5 Å². The number of hydrogen-bond acceptors (Lipinski definition) is 2. The first-order valence-corrected chi connectivity index (χ1v) is 7.03. The van der Waals surface area contributed by atoms with Crippen molar-refractivity contribution >= 4 is 5.91 Å². The quantitative estimate of drug-likeness (QED) is 0.922. The summed E-state index contributed by atoms with van der Waals surface area (Å²) in [5.41, 5.74) is 2.53. The van der Waals surface area contributed by atoms with Crippen molar-refractivity contribution in [3.05, 3.63) is 65.5 Å². The third-order valence-electron chi connectivity index (χ3n) is 3.66. The highest BCUT2D eigenvalue weighted by Gasteiger charge is 2.33. The molecule has 20 heavy (non-hydrogen) atoms. The van der Waals surface area contributed by atoms with Crippen molar-refractivity contribution in [2.24, 2.45) is 5.92 Å². The molecule has 0 spiro atoms. The molecule has 3 nitrogen and oxygen atoms in total. The van der Waals surface area contributed by atoms with Crippen LogP contribution in [-0.2, 0) is 0 Å². The summed E-state index contributed by atoms with van der Waals surface area (Å²) in [5.74, 6) is 0.473. The summed E-state index contributed by atoms with van der Waals surface area (Å²) in [6.07, 6.45) is 2.36. The number of carbonyl (C=O) groups is 1. The van der Waals surface area contributed by atoms with Crippen LogP contribution in [0.1, 0.15) is 40.6 Å². The molecule has 0 aliphatic heterocycles. The molecule has 1 N–H and O–H groups in total. The standard InChI is InChI=1S/C17H18N2O/c1-12-6-5-9-15(18-12)17(20)19-16(14-10-11-14)13-7-3-2-4-8-13/h2-9,14,16H,10-11H2,1H3,(H,19,20). The second-order valence-corrected chi connectivity index (χ2v) is 5.36. The lowest BCUT2D eigenvalue weighted by molar-refractivity contribution is 0.0926. The highest BCUT2D eigenvalue weighted by Crippen LogP contribution is 2.41. The molecule has 1 aliphatic rings. The van der Waals surface area contributed by atoms with E-state index in [-0.39, 0.29) is 11.9 Å². The maximum atomic E-state index is 12.3. The van der Waals surface area contributed by atoms with Crippen molar-refractivity contribution in [1.82, 2.24) is 10.3 Å². The summed E-state index contributed by atoms with van der Waals surface area (Å²) < 4.78 is 0. The first kappa shape index (κ1) is 12.9. The second-order valence-electron chi connectivity index (χ2n) is 5.36. The number of benzene rings is 1. The molecule has 1 aromatic heterocycles. The van der Waals surface area contributed by atoms with Crippen molar-refractivity contribution in [3.63, 3.8) is 0 Å². The van der Waals surface area contributed by atoms with Gasteiger partial charge in [-0.25, -0.2) is 4.98 Å². The summed E-state index contributed by atoms with van der Waals surface area (Å²) >= 11 is 0. The average molecular weight is 266 g/mol. The van der Waals surface area contributed by atoms with E-state index in [0.29, 0.717) is 11.6 Å². The largest absolute Gasteiger partial charge is 0.344 e. The second kappa shape index (κ2) is 5.45. The van der Waals surface area contributed by atoms with Crippen LogP contribution in [0.5, 0.6) is 0 Å². The Morgan fingerprint density at radius 3 is 2.55 bits per heavy atom. The van der Waals surface area contributed by atoms with Crippen LogP contribution in [-0.4, -0.2) is 10.9 Å². The van der Waals surface area contributed by atoms with Gasteiger partial charge in [-0.05, 0) is 43.4 Å². The predicted molar refractivity (Wildman–Crippen MR) is 78.3 cm³/mol. The van der Waals surface area contributed by atoms with Gasteiger partial charge in [0.2, 0.25) is 0 Å². The third-order valence-corrected chi connectivity index (χ3v) is 3.66. The maximum absolute atomic E-state index is 12.3. The van der Waals surface area contributed by atoms with Gasteiger partial charge in [0, 0.05) is 5.69 Å². The Labute approximate surface area is 119 Å². The number of carbonyl (C=O) groups excluding carboxylic acids is 1. The minimum absolute atomic E-state index is 0.0885. The summed E-state index contributed by atoms with van der Waals surface area (Å²) in [6.45, 7) is 1.90. The van der Waals surface area contributed by atoms with Crippen LogP contribution in [0.25, 0.3) is 0 Å². The third kappa shape index (κ3) is 2.87. The zero-order valence-corrected chi connectivity index (χ0v) is 11.5. The Kier molecular flexibility index (Phi) is 3.50. The first-order valence-electron chi connectivity index (χ1n) is 7.03. The van der Waals surface area contributed by atoms with Crippen LogP contribution < -0.4 is 5.32 Å². The minimum atomic E-state index is -0.0885. The lowest BCUT2D eigenvalue weighted by Crippen LogP contribution is -2.30. The zero-order chi connectivity index (χ0) is 13.9. The van der Waals surface area contributed by atoms with Crippen LogP contribution in [0.2, 0.25) is 0 Å². The predicted octanol–water partition coefficient (Wildman–Crippen LogP) is 3.27. The molecule has 102 valence electrons. The summed E-state index contributed by atoms with van der Waals surface area (Å²) in [7, 11) is 0. The minimum Gasteiger partial charge on any atom is -0.344 e. The zero-order valence-electron chi connectivity index (χ0n) is 11.5. The Bertz CT molecular complexity index is 605. The van der Waals surface area contributed by atoms with Crippen LogP contribution in [0, 0.1) is 12.8 Å². The molecule has 0 saturated heterocycles. The van der Waals surface area contributed by atoms with Crippen molar-refractivity contribution in [2.45, 2.75) is 25.8 Å². The molecular formula is C17H18N2O. The Balaban J connectivity index is 1.79. The van der Waals surface area contributed by atoms with E-state index in [2.05, 4.69) is 22.4 Å². The van der Waals surface area contributed by atoms with Crippen molar-refractivity contribution in [3.8, 4) is 0 Å². The van der Waals surface area contributed by atoms with Gasteiger partial charge in [0.15, 0.2) is 0 Å². The normalized spacial score (nSPS) is 15.7. The average Bonchev–Trinajstić information content (AvgIpc) is 3.30. The molecule has 1 aliphatic carbocycles. The molecular weight excluding hydrogens is 248 g/mol. The van der Waals surface area contributed by atoms with Gasteiger partial charge in [-0.3, -0.25) is 4.79 Å². The molecule has 1 fully saturated rings. The van der Waals surface area contributed by atoms with Gasteiger partial charge in [0.25, 0.3) is 5.91 Å². The topological polar surface area (TPSA) is 42.0 Å². The molecule has 1 saturated carbocycles. The van der Waals surface area contributed by atoms with Crippen molar-refractivity contribution in [1.29, 1.82) is 0 Å². The smallest absolute Gasteiger partial charge is 0.270 e. The number of hydrogen-bond donors (Lipinski definition) is 1. The fraction of sp³-hybridized carbons (Fsp3) is 0.294. The molecule has 0 bridgehead atoms. The van der Waals surface area contributed by atoms with Crippen molar-refractivity contribution in [2.75, 3.05) is 0 Å². The molecule has 2 aromatic rings. The van der Waals surface area contributed by atoms with Gasteiger partial charge in [-0.1, -0.05) is 36.4 Å².